The fourth-order valence-electron chi connectivity index (χ4n) is 2.51. The zero-order valence-electron chi connectivity index (χ0n) is 11.2. The van der Waals surface area contributed by atoms with Crippen molar-refractivity contribution < 1.29 is 4.74 Å². The van der Waals surface area contributed by atoms with Gasteiger partial charge in [-0.1, -0.05) is 60.7 Å². The highest BCUT2D eigenvalue weighted by molar-refractivity contribution is 6.23. The first kappa shape index (κ1) is 13.0. The van der Waals surface area contributed by atoms with Crippen LogP contribution < -0.4 is 4.74 Å². The molecule has 0 bridgehead atoms. The van der Waals surface area contributed by atoms with Crippen molar-refractivity contribution in [1.29, 1.82) is 0 Å². The Morgan fingerprint density at radius 1 is 0.800 bits per heavy atom. The smallest absolute Gasteiger partial charge is 0.123 e. The molecule has 100 valence electrons. The predicted octanol–water partition coefficient (Wildman–Crippen LogP) is 5.18. The van der Waals surface area contributed by atoms with Crippen molar-refractivity contribution in [2.75, 3.05) is 7.11 Å². The minimum atomic E-state index is -0.225. The predicted molar refractivity (Wildman–Crippen MR) is 84.6 cm³/mol. The third kappa shape index (κ3) is 2.25. The van der Waals surface area contributed by atoms with Crippen molar-refractivity contribution >= 4 is 22.4 Å². The van der Waals surface area contributed by atoms with Gasteiger partial charge in [-0.15, -0.1) is 11.6 Å². The zero-order chi connectivity index (χ0) is 13.9. The van der Waals surface area contributed by atoms with Crippen LogP contribution in [0.2, 0.25) is 0 Å². The number of ether oxygens (including phenoxy) is 1. The van der Waals surface area contributed by atoms with Gasteiger partial charge >= 0.3 is 0 Å². The molecule has 20 heavy (non-hydrogen) atoms. The maximum Gasteiger partial charge on any atom is 0.123 e. The summed E-state index contributed by atoms with van der Waals surface area (Å²) in [5.41, 5.74) is 2.10. The minimum absolute atomic E-state index is 0.225. The highest BCUT2D eigenvalue weighted by Gasteiger charge is 2.17. The van der Waals surface area contributed by atoms with E-state index in [1.807, 2.05) is 42.5 Å². The number of hydrogen-bond acceptors (Lipinski definition) is 1. The average Bonchev–Trinajstić information content (AvgIpc) is 2.53. The first-order valence-electron chi connectivity index (χ1n) is 6.56. The first-order valence-corrected chi connectivity index (χ1v) is 6.99. The molecular weight excluding hydrogens is 268 g/mol. The van der Waals surface area contributed by atoms with Crippen molar-refractivity contribution in [3.05, 3.63) is 77.9 Å². The Bertz CT molecular complexity index is 731. The van der Waals surface area contributed by atoms with Gasteiger partial charge in [0.15, 0.2) is 0 Å². The number of fused-ring (bicyclic) bond motifs is 1. The topological polar surface area (TPSA) is 9.23 Å². The van der Waals surface area contributed by atoms with E-state index in [-0.39, 0.29) is 5.38 Å². The fraction of sp³-hybridized carbons (Fsp3) is 0.111. The van der Waals surface area contributed by atoms with Crippen LogP contribution in [0.25, 0.3) is 10.8 Å². The van der Waals surface area contributed by atoms with E-state index >= 15 is 0 Å². The van der Waals surface area contributed by atoms with Gasteiger partial charge in [0, 0.05) is 5.56 Å². The molecule has 1 nitrogen and oxygen atoms in total. The second-order valence-corrected chi connectivity index (χ2v) is 5.11. The molecule has 2 heteroatoms. The summed E-state index contributed by atoms with van der Waals surface area (Å²) in [6.07, 6.45) is 0. The number of alkyl halides is 1. The molecule has 0 amide bonds. The molecule has 0 aliphatic rings. The monoisotopic (exact) mass is 282 g/mol. The Balaban J connectivity index is 2.15. The lowest BCUT2D eigenvalue weighted by Gasteiger charge is -2.16. The van der Waals surface area contributed by atoms with Gasteiger partial charge in [-0.25, -0.2) is 0 Å². The molecule has 3 aromatic rings. The Morgan fingerprint density at radius 2 is 1.45 bits per heavy atom. The third-order valence-corrected chi connectivity index (χ3v) is 3.98. The number of para-hydroxylation sites is 1. The summed E-state index contributed by atoms with van der Waals surface area (Å²) in [4.78, 5) is 0. The standard InChI is InChI=1S/C18H15ClO/c1-20-17-12-5-4-10-16(17)18(19)15-11-6-8-13-7-2-3-9-14(13)15/h2-12,18H,1H3. The molecule has 0 saturated heterocycles. The molecule has 0 N–H and O–H groups in total. The van der Waals surface area contributed by atoms with Crippen molar-refractivity contribution in [1.82, 2.24) is 0 Å². The van der Waals surface area contributed by atoms with Crippen LogP contribution in [0, 0.1) is 0 Å². The summed E-state index contributed by atoms with van der Waals surface area (Å²) >= 11 is 6.71. The van der Waals surface area contributed by atoms with Gasteiger partial charge < -0.3 is 4.74 Å². The lowest BCUT2D eigenvalue weighted by atomic mass is 9.97. The highest BCUT2D eigenvalue weighted by Crippen LogP contribution is 2.37. The SMILES string of the molecule is COc1ccccc1C(Cl)c1cccc2ccccc12. The molecule has 0 aliphatic carbocycles. The van der Waals surface area contributed by atoms with Crippen molar-refractivity contribution in [2.45, 2.75) is 5.38 Å². The molecule has 3 rings (SSSR count). The first-order chi connectivity index (χ1) is 9.81. The molecule has 0 aliphatic heterocycles. The van der Waals surface area contributed by atoms with E-state index in [0.717, 1.165) is 16.9 Å². The summed E-state index contributed by atoms with van der Waals surface area (Å²) < 4.78 is 5.42. The van der Waals surface area contributed by atoms with Crippen molar-refractivity contribution in [3.8, 4) is 5.75 Å². The van der Waals surface area contributed by atoms with Gasteiger partial charge in [-0.3, -0.25) is 0 Å². The Kier molecular flexibility index (Phi) is 3.62. The highest BCUT2D eigenvalue weighted by atomic mass is 35.5. The maximum absolute atomic E-state index is 6.71. The maximum atomic E-state index is 6.71. The number of hydrogen-bond donors (Lipinski definition) is 0. The van der Waals surface area contributed by atoms with Gasteiger partial charge in [-0.05, 0) is 22.4 Å². The summed E-state index contributed by atoms with van der Waals surface area (Å²) in [7, 11) is 1.67. The van der Waals surface area contributed by atoms with E-state index in [9.17, 15) is 0 Å². The molecule has 1 unspecified atom stereocenters. The summed E-state index contributed by atoms with van der Waals surface area (Å²) in [6, 6.07) is 22.4. The Labute approximate surface area is 123 Å². The van der Waals surface area contributed by atoms with E-state index in [4.69, 9.17) is 16.3 Å². The second kappa shape index (κ2) is 5.56. The molecule has 0 radical (unpaired) electrons. The van der Waals surface area contributed by atoms with Gasteiger partial charge in [0.2, 0.25) is 0 Å². The quantitative estimate of drug-likeness (QED) is 0.602. The van der Waals surface area contributed by atoms with Gasteiger partial charge in [0.05, 0.1) is 12.5 Å². The normalized spacial score (nSPS) is 12.3. The lowest BCUT2D eigenvalue weighted by molar-refractivity contribution is 0.410. The van der Waals surface area contributed by atoms with Gasteiger partial charge in [0.25, 0.3) is 0 Å². The van der Waals surface area contributed by atoms with Gasteiger partial charge in [-0.2, -0.15) is 0 Å². The van der Waals surface area contributed by atoms with Gasteiger partial charge in [0.1, 0.15) is 5.75 Å². The van der Waals surface area contributed by atoms with E-state index in [1.165, 1.54) is 10.8 Å². The van der Waals surface area contributed by atoms with Crippen LogP contribution in [0.15, 0.2) is 66.7 Å². The van der Waals surface area contributed by atoms with E-state index in [1.54, 1.807) is 7.11 Å². The van der Waals surface area contributed by atoms with Crippen LogP contribution in [0.3, 0.4) is 0 Å². The zero-order valence-corrected chi connectivity index (χ0v) is 12.0. The number of rotatable bonds is 3. The number of halogens is 1. The molecule has 0 spiro atoms. The molecule has 0 saturated carbocycles. The van der Waals surface area contributed by atoms with E-state index in [2.05, 4.69) is 24.3 Å². The number of benzene rings is 3. The van der Waals surface area contributed by atoms with Crippen LogP contribution in [-0.2, 0) is 0 Å². The Hall–Kier alpha value is -1.99. The number of methoxy groups -OCH3 is 1. The fourth-order valence-corrected chi connectivity index (χ4v) is 2.89. The summed E-state index contributed by atoms with van der Waals surface area (Å²) in [5, 5.41) is 2.16. The van der Waals surface area contributed by atoms with Crippen LogP contribution >= 0.6 is 11.6 Å². The van der Waals surface area contributed by atoms with E-state index in [0.29, 0.717) is 0 Å². The summed E-state index contributed by atoms with van der Waals surface area (Å²) in [5.74, 6) is 0.820. The molecule has 0 aromatic heterocycles. The third-order valence-electron chi connectivity index (χ3n) is 3.51. The minimum Gasteiger partial charge on any atom is -0.496 e. The molecular formula is C18H15ClO. The van der Waals surface area contributed by atoms with Crippen LogP contribution in [0.4, 0.5) is 0 Å². The molecule has 0 heterocycles. The van der Waals surface area contributed by atoms with Crippen LogP contribution in [-0.4, -0.2) is 7.11 Å². The average molecular weight is 283 g/mol. The summed E-state index contributed by atoms with van der Waals surface area (Å²) in [6.45, 7) is 0. The second-order valence-electron chi connectivity index (χ2n) is 4.67. The van der Waals surface area contributed by atoms with Crippen molar-refractivity contribution in [2.24, 2.45) is 0 Å². The van der Waals surface area contributed by atoms with E-state index < -0.39 is 0 Å². The largest absolute Gasteiger partial charge is 0.496 e. The van der Waals surface area contributed by atoms with Crippen LogP contribution in [0.5, 0.6) is 5.75 Å². The molecule has 0 fully saturated rings. The molecule has 1 atom stereocenters. The Morgan fingerprint density at radius 3 is 2.30 bits per heavy atom. The molecule has 3 aromatic carbocycles. The lowest BCUT2D eigenvalue weighted by Crippen LogP contribution is -1.98. The van der Waals surface area contributed by atoms with Crippen LogP contribution in [0.1, 0.15) is 16.5 Å². The van der Waals surface area contributed by atoms with Crippen molar-refractivity contribution in [3.63, 3.8) is 0 Å².